The number of nitrogens with zero attached hydrogens (tertiary/aromatic N) is 1. The monoisotopic (exact) mass is 243 g/mol. The molecule has 1 rings (SSSR count). The van der Waals surface area contributed by atoms with Crippen LogP contribution < -0.4 is 0 Å². The lowest BCUT2D eigenvalue weighted by Gasteiger charge is -2.11. The lowest BCUT2D eigenvalue weighted by molar-refractivity contribution is -0.385. The van der Waals surface area contributed by atoms with E-state index < -0.39 is 17.8 Å². The van der Waals surface area contributed by atoms with E-state index in [1.807, 2.05) is 0 Å². The standard InChI is InChI=1S/C11H11F2NO3/c1-7(17-2)8-4-3-5-10(14(15)16)9(8)6-11(12)13/h3-5,11H,1,6H2,2H3. The Hall–Kier alpha value is -1.98. The summed E-state index contributed by atoms with van der Waals surface area (Å²) < 4.78 is 29.7. The Morgan fingerprint density at radius 2 is 2.24 bits per heavy atom. The normalized spacial score (nSPS) is 10.4. The third-order valence-electron chi connectivity index (χ3n) is 2.25. The van der Waals surface area contributed by atoms with Crippen molar-refractivity contribution in [2.45, 2.75) is 12.8 Å². The molecule has 0 aliphatic rings. The molecule has 1 aromatic carbocycles. The minimum Gasteiger partial charge on any atom is -0.497 e. The zero-order valence-corrected chi connectivity index (χ0v) is 9.15. The Morgan fingerprint density at radius 1 is 1.59 bits per heavy atom. The molecule has 0 unspecified atom stereocenters. The van der Waals surface area contributed by atoms with Crippen LogP contribution in [-0.4, -0.2) is 18.5 Å². The maximum atomic E-state index is 12.4. The van der Waals surface area contributed by atoms with Crippen molar-refractivity contribution in [3.05, 3.63) is 46.0 Å². The second-order valence-electron chi connectivity index (χ2n) is 3.28. The summed E-state index contributed by atoms with van der Waals surface area (Å²) in [5, 5.41) is 10.8. The SMILES string of the molecule is C=C(OC)c1cccc([N+](=O)[O-])c1CC(F)F. The zero-order chi connectivity index (χ0) is 13.0. The summed E-state index contributed by atoms with van der Waals surface area (Å²) >= 11 is 0. The van der Waals surface area contributed by atoms with Crippen molar-refractivity contribution in [1.29, 1.82) is 0 Å². The van der Waals surface area contributed by atoms with Crippen molar-refractivity contribution in [1.82, 2.24) is 0 Å². The van der Waals surface area contributed by atoms with E-state index in [1.165, 1.54) is 25.3 Å². The largest absolute Gasteiger partial charge is 0.497 e. The van der Waals surface area contributed by atoms with Gasteiger partial charge in [-0.3, -0.25) is 10.1 Å². The molecule has 0 radical (unpaired) electrons. The van der Waals surface area contributed by atoms with Gasteiger partial charge in [-0.15, -0.1) is 0 Å². The fourth-order valence-corrected chi connectivity index (χ4v) is 1.49. The maximum Gasteiger partial charge on any atom is 0.273 e. The van der Waals surface area contributed by atoms with Gasteiger partial charge in [-0.2, -0.15) is 0 Å². The molecule has 0 aromatic heterocycles. The Kier molecular flexibility index (Phi) is 4.14. The predicted molar refractivity (Wildman–Crippen MR) is 58.8 cm³/mol. The van der Waals surface area contributed by atoms with E-state index in [4.69, 9.17) is 4.74 Å². The first kappa shape index (κ1) is 13.1. The molecule has 0 amide bonds. The average molecular weight is 243 g/mol. The van der Waals surface area contributed by atoms with Crippen LogP contribution in [0.2, 0.25) is 0 Å². The number of alkyl halides is 2. The van der Waals surface area contributed by atoms with Gasteiger partial charge in [0.15, 0.2) is 0 Å². The van der Waals surface area contributed by atoms with Gasteiger partial charge in [0, 0.05) is 23.6 Å². The van der Waals surface area contributed by atoms with E-state index in [1.54, 1.807) is 0 Å². The van der Waals surface area contributed by atoms with E-state index >= 15 is 0 Å². The maximum absolute atomic E-state index is 12.4. The number of halogens is 2. The van der Waals surface area contributed by atoms with Crippen molar-refractivity contribution >= 4 is 11.4 Å². The van der Waals surface area contributed by atoms with Crippen LogP contribution in [0.3, 0.4) is 0 Å². The Morgan fingerprint density at radius 3 is 2.71 bits per heavy atom. The summed E-state index contributed by atoms with van der Waals surface area (Å²) in [6.07, 6.45) is -3.37. The zero-order valence-electron chi connectivity index (χ0n) is 9.15. The van der Waals surface area contributed by atoms with Gasteiger partial charge in [0.2, 0.25) is 6.43 Å². The number of ether oxygens (including phenoxy) is 1. The highest BCUT2D eigenvalue weighted by molar-refractivity contribution is 5.65. The average Bonchev–Trinajstić information content (AvgIpc) is 2.27. The molecule has 0 spiro atoms. The first-order valence-electron chi connectivity index (χ1n) is 4.75. The molecule has 0 saturated carbocycles. The van der Waals surface area contributed by atoms with Gasteiger partial charge in [0.1, 0.15) is 5.76 Å². The second kappa shape index (κ2) is 5.38. The number of hydrogen-bond acceptors (Lipinski definition) is 3. The summed E-state index contributed by atoms with van der Waals surface area (Å²) in [5.41, 5.74) is -0.164. The molecule has 0 bridgehead atoms. The van der Waals surface area contributed by atoms with E-state index in [-0.39, 0.29) is 22.6 Å². The van der Waals surface area contributed by atoms with Gasteiger partial charge < -0.3 is 4.74 Å². The fraction of sp³-hybridized carbons (Fsp3) is 0.273. The molecule has 0 saturated heterocycles. The molecule has 0 fully saturated rings. The van der Waals surface area contributed by atoms with Crippen molar-refractivity contribution in [2.24, 2.45) is 0 Å². The molecule has 1 aromatic rings. The van der Waals surface area contributed by atoms with Crippen molar-refractivity contribution in [3.63, 3.8) is 0 Å². The lowest BCUT2D eigenvalue weighted by Crippen LogP contribution is -2.05. The van der Waals surface area contributed by atoms with E-state index in [2.05, 4.69) is 6.58 Å². The minimum atomic E-state index is -2.67. The Labute approximate surface area is 96.7 Å². The van der Waals surface area contributed by atoms with E-state index in [0.717, 1.165) is 0 Å². The number of nitro groups is 1. The molecule has 92 valence electrons. The summed E-state index contributed by atoms with van der Waals surface area (Å²) in [7, 11) is 1.33. The highest BCUT2D eigenvalue weighted by Gasteiger charge is 2.22. The van der Waals surface area contributed by atoms with Crippen LogP contribution in [-0.2, 0) is 11.2 Å². The smallest absolute Gasteiger partial charge is 0.273 e. The first-order chi connectivity index (χ1) is 7.97. The third kappa shape index (κ3) is 2.99. The number of nitro benzene ring substituents is 1. The van der Waals surface area contributed by atoms with Gasteiger partial charge in [-0.1, -0.05) is 18.7 Å². The summed E-state index contributed by atoms with van der Waals surface area (Å²) in [5.74, 6) is 0.129. The molecule has 17 heavy (non-hydrogen) atoms. The second-order valence-corrected chi connectivity index (χ2v) is 3.28. The first-order valence-corrected chi connectivity index (χ1v) is 4.75. The van der Waals surface area contributed by atoms with Crippen molar-refractivity contribution in [2.75, 3.05) is 7.11 Å². The highest BCUT2D eigenvalue weighted by atomic mass is 19.3. The molecular weight excluding hydrogens is 232 g/mol. The van der Waals surface area contributed by atoms with Crippen LogP contribution in [0.15, 0.2) is 24.8 Å². The molecule has 0 aliphatic heterocycles. The van der Waals surface area contributed by atoms with Crippen LogP contribution in [0.4, 0.5) is 14.5 Å². The minimum absolute atomic E-state index is 0.0562. The molecule has 0 heterocycles. The molecular formula is C11H11F2NO3. The van der Waals surface area contributed by atoms with E-state index in [9.17, 15) is 18.9 Å². The van der Waals surface area contributed by atoms with Crippen LogP contribution in [0.25, 0.3) is 5.76 Å². The predicted octanol–water partition coefficient (Wildman–Crippen LogP) is 3.02. The number of hydrogen-bond donors (Lipinski definition) is 0. The highest BCUT2D eigenvalue weighted by Crippen LogP contribution is 2.29. The third-order valence-corrected chi connectivity index (χ3v) is 2.25. The molecule has 0 atom stereocenters. The number of methoxy groups -OCH3 is 1. The quantitative estimate of drug-likeness (QED) is 0.453. The van der Waals surface area contributed by atoms with Gasteiger partial charge in [0.25, 0.3) is 5.69 Å². The topological polar surface area (TPSA) is 52.4 Å². The van der Waals surface area contributed by atoms with Gasteiger partial charge in [0.05, 0.1) is 12.0 Å². The Balaban J connectivity index is 3.33. The van der Waals surface area contributed by atoms with Gasteiger partial charge in [-0.05, 0) is 0 Å². The van der Waals surface area contributed by atoms with Gasteiger partial charge >= 0.3 is 0 Å². The van der Waals surface area contributed by atoms with Crippen LogP contribution in [0, 0.1) is 10.1 Å². The summed E-state index contributed by atoms with van der Waals surface area (Å²) in [6, 6.07) is 4.06. The van der Waals surface area contributed by atoms with Crippen molar-refractivity contribution < 1.29 is 18.4 Å². The summed E-state index contributed by atoms with van der Waals surface area (Å²) in [4.78, 5) is 10.1. The van der Waals surface area contributed by atoms with Crippen molar-refractivity contribution in [3.8, 4) is 0 Å². The molecule has 6 heteroatoms. The van der Waals surface area contributed by atoms with Crippen LogP contribution in [0.1, 0.15) is 11.1 Å². The van der Waals surface area contributed by atoms with E-state index in [0.29, 0.717) is 0 Å². The number of rotatable bonds is 5. The fourth-order valence-electron chi connectivity index (χ4n) is 1.49. The Bertz CT molecular complexity index is 446. The summed E-state index contributed by atoms with van der Waals surface area (Å²) in [6.45, 7) is 3.52. The number of benzene rings is 1. The molecule has 0 N–H and O–H groups in total. The van der Waals surface area contributed by atoms with Crippen LogP contribution >= 0.6 is 0 Å². The lowest BCUT2D eigenvalue weighted by atomic mass is 10.0. The van der Waals surface area contributed by atoms with Crippen LogP contribution in [0.5, 0.6) is 0 Å². The molecule has 4 nitrogen and oxygen atoms in total. The van der Waals surface area contributed by atoms with Gasteiger partial charge in [-0.25, -0.2) is 8.78 Å². The molecule has 0 aliphatic carbocycles.